The van der Waals surface area contributed by atoms with E-state index in [1.54, 1.807) is 19.1 Å². The zero-order valence-electron chi connectivity index (χ0n) is 11.3. The number of hydrogen-bond donors (Lipinski definition) is 1. The second-order valence-corrected chi connectivity index (χ2v) is 5.86. The molecule has 0 amide bonds. The van der Waals surface area contributed by atoms with E-state index >= 15 is 0 Å². The molecule has 0 aromatic heterocycles. The van der Waals surface area contributed by atoms with Crippen LogP contribution in [0.1, 0.15) is 57.4 Å². The van der Waals surface area contributed by atoms with Crippen LogP contribution in [0.5, 0.6) is 0 Å². The van der Waals surface area contributed by atoms with Crippen LogP contribution in [0.3, 0.4) is 0 Å². The normalized spacial score (nSPS) is 20.6. The number of anilines is 1. The van der Waals surface area contributed by atoms with Crippen molar-refractivity contribution in [2.45, 2.75) is 57.5 Å². The molecule has 2 heteroatoms. The van der Waals surface area contributed by atoms with Crippen molar-refractivity contribution in [2.75, 3.05) is 5.73 Å². The fourth-order valence-electron chi connectivity index (χ4n) is 2.93. The molecule has 1 aromatic rings. The number of halogens is 1. The largest absolute Gasteiger partial charge is 0.399 e. The predicted molar refractivity (Wildman–Crippen MR) is 75.1 cm³/mol. The summed E-state index contributed by atoms with van der Waals surface area (Å²) in [6.07, 6.45) is 8.24. The zero-order chi connectivity index (χ0) is 13.0. The minimum absolute atomic E-state index is 0.627. The highest BCUT2D eigenvalue weighted by atomic mass is 19.1. The number of nitrogen functional groups attached to an aromatic ring is 1. The first-order valence-electron chi connectivity index (χ1n) is 7.13. The summed E-state index contributed by atoms with van der Waals surface area (Å²) >= 11 is 0. The third kappa shape index (κ3) is 3.47. The maximum atomic E-state index is 14.7. The van der Waals surface area contributed by atoms with E-state index in [0.29, 0.717) is 12.1 Å². The van der Waals surface area contributed by atoms with Crippen LogP contribution in [0, 0.1) is 5.92 Å². The van der Waals surface area contributed by atoms with Gasteiger partial charge in [0.2, 0.25) is 0 Å². The fraction of sp³-hybridized carbons (Fsp3) is 0.625. The predicted octanol–water partition coefficient (Wildman–Crippen LogP) is 4.81. The van der Waals surface area contributed by atoms with Crippen molar-refractivity contribution >= 4 is 5.69 Å². The van der Waals surface area contributed by atoms with Crippen molar-refractivity contribution in [1.29, 1.82) is 0 Å². The Labute approximate surface area is 110 Å². The summed E-state index contributed by atoms with van der Waals surface area (Å²) < 4.78 is 14.7. The minimum Gasteiger partial charge on any atom is -0.399 e. The highest BCUT2D eigenvalue weighted by Crippen LogP contribution is 2.35. The lowest BCUT2D eigenvalue weighted by Gasteiger charge is -2.26. The Kier molecular flexibility index (Phi) is 4.26. The third-order valence-corrected chi connectivity index (χ3v) is 4.26. The first-order valence-corrected chi connectivity index (χ1v) is 7.13. The van der Waals surface area contributed by atoms with Crippen molar-refractivity contribution in [1.82, 2.24) is 0 Å². The Morgan fingerprint density at radius 1 is 1.17 bits per heavy atom. The molecule has 100 valence electrons. The van der Waals surface area contributed by atoms with Gasteiger partial charge < -0.3 is 5.73 Å². The van der Waals surface area contributed by atoms with E-state index in [9.17, 15) is 4.39 Å². The van der Waals surface area contributed by atoms with E-state index in [2.05, 4.69) is 0 Å². The van der Waals surface area contributed by atoms with E-state index < -0.39 is 5.67 Å². The molecule has 1 aliphatic carbocycles. The van der Waals surface area contributed by atoms with Crippen molar-refractivity contribution in [3.05, 3.63) is 29.8 Å². The topological polar surface area (TPSA) is 26.0 Å². The Morgan fingerprint density at radius 3 is 2.39 bits per heavy atom. The summed E-state index contributed by atoms with van der Waals surface area (Å²) in [4.78, 5) is 0. The molecule has 2 rings (SSSR count). The van der Waals surface area contributed by atoms with Gasteiger partial charge in [0.1, 0.15) is 5.67 Å². The fourth-order valence-corrected chi connectivity index (χ4v) is 2.93. The van der Waals surface area contributed by atoms with Gasteiger partial charge in [-0.2, -0.15) is 0 Å². The first-order chi connectivity index (χ1) is 8.58. The van der Waals surface area contributed by atoms with Crippen LogP contribution in [0.25, 0.3) is 0 Å². The molecular weight excluding hydrogens is 225 g/mol. The van der Waals surface area contributed by atoms with Gasteiger partial charge in [-0.15, -0.1) is 0 Å². The van der Waals surface area contributed by atoms with Gasteiger partial charge in [0.05, 0.1) is 0 Å². The van der Waals surface area contributed by atoms with Gasteiger partial charge >= 0.3 is 0 Å². The Bertz CT molecular complexity index is 363. The minimum atomic E-state index is -1.22. The molecular formula is C16H24FN. The van der Waals surface area contributed by atoms with Gasteiger partial charge in [0, 0.05) is 5.69 Å². The molecule has 1 aliphatic rings. The lowest BCUT2D eigenvalue weighted by Crippen LogP contribution is -2.18. The van der Waals surface area contributed by atoms with Crippen LogP contribution in [-0.4, -0.2) is 0 Å². The monoisotopic (exact) mass is 249 g/mol. The average molecular weight is 249 g/mol. The molecule has 1 atom stereocenters. The molecule has 0 radical (unpaired) electrons. The van der Waals surface area contributed by atoms with E-state index in [4.69, 9.17) is 5.73 Å². The number of alkyl halides is 1. The number of rotatable bonds is 4. The number of benzene rings is 1. The molecule has 1 fully saturated rings. The lowest BCUT2D eigenvalue weighted by atomic mass is 9.82. The molecule has 0 aliphatic heterocycles. The van der Waals surface area contributed by atoms with Crippen LogP contribution >= 0.6 is 0 Å². The Hall–Kier alpha value is -1.05. The van der Waals surface area contributed by atoms with Crippen LogP contribution in [0.4, 0.5) is 10.1 Å². The van der Waals surface area contributed by atoms with Crippen molar-refractivity contribution in [3.63, 3.8) is 0 Å². The van der Waals surface area contributed by atoms with Gasteiger partial charge in [0.25, 0.3) is 0 Å². The van der Waals surface area contributed by atoms with Crippen molar-refractivity contribution in [2.24, 2.45) is 5.92 Å². The highest BCUT2D eigenvalue weighted by Gasteiger charge is 2.27. The van der Waals surface area contributed by atoms with Gasteiger partial charge in [-0.05, 0) is 43.4 Å². The first kappa shape index (κ1) is 13.4. The lowest BCUT2D eigenvalue weighted by molar-refractivity contribution is 0.155. The van der Waals surface area contributed by atoms with Crippen LogP contribution < -0.4 is 5.73 Å². The second kappa shape index (κ2) is 5.73. The smallest absolute Gasteiger partial charge is 0.133 e. The molecule has 0 saturated heterocycles. The van der Waals surface area contributed by atoms with E-state index in [0.717, 1.165) is 17.9 Å². The van der Waals surface area contributed by atoms with E-state index in [1.165, 1.54) is 32.1 Å². The quantitative estimate of drug-likeness (QED) is 0.761. The van der Waals surface area contributed by atoms with Gasteiger partial charge in [-0.25, -0.2) is 4.39 Å². The van der Waals surface area contributed by atoms with Crippen LogP contribution in [0.15, 0.2) is 24.3 Å². The molecule has 2 N–H and O–H groups in total. The van der Waals surface area contributed by atoms with Gasteiger partial charge in [-0.1, -0.05) is 44.2 Å². The summed E-state index contributed by atoms with van der Waals surface area (Å²) in [6, 6.07) is 7.20. The molecule has 1 aromatic carbocycles. The third-order valence-electron chi connectivity index (χ3n) is 4.26. The molecule has 0 heterocycles. The number of nitrogens with two attached hydrogens (primary N) is 1. The maximum absolute atomic E-state index is 14.7. The van der Waals surface area contributed by atoms with Crippen molar-refractivity contribution in [3.8, 4) is 0 Å². The average Bonchev–Trinajstić information content (AvgIpc) is 2.38. The van der Waals surface area contributed by atoms with Crippen LogP contribution in [-0.2, 0) is 5.67 Å². The molecule has 1 saturated carbocycles. The summed E-state index contributed by atoms with van der Waals surface area (Å²) in [5, 5.41) is 0. The highest BCUT2D eigenvalue weighted by molar-refractivity contribution is 5.40. The van der Waals surface area contributed by atoms with E-state index in [1.807, 2.05) is 12.1 Å². The SMILES string of the molecule is CC(F)(CCC1CCCCC1)c1ccc(N)cc1. The standard InChI is InChI=1S/C16H24FN/c1-16(17,14-7-9-15(18)10-8-14)12-11-13-5-3-2-4-6-13/h7-10,13H,2-6,11-12,18H2,1H3. The Balaban J connectivity index is 1.91. The van der Waals surface area contributed by atoms with Gasteiger partial charge in [-0.3, -0.25) is 0 Å². The van der Waals surface area contributed by atoms with Gasteiger partial charge in [0.15, 0.2) is 0 Å². The second-order valence-electron chi connectivity index (χ2n) is 5.86. The molecule has 0 spiro atoms. The maximum Gasteiger partial charge on any atom is 0.133 e. The molecule has 0 bridgehead atoms. The molecule has 18 heavy (non-hydrogen) atoms. The summed E-state index contributed by atoms with van der Waals surface area (Å²) in [6.45, 7) is 1.70. The molecule has 1 unspecified atom stereocenters. The van der Waals surface area contributed by atoms with Crippen molar-refractivity contribution < 1.29 is 4.39 Å². The summed E-state index contributed by atoms with van der Waals surface area (Å²) in [7, 11) is 0. The Morgan fingerprint density at radius 2 is 1.78 bits per heavy atom. The van der Waals surface area contributed by atoms with Crippen LogP contribution in [0.2, 0.25) is 0 Å². The summed E-state index contributed by atoms with van der Waals surface area (Å²) in [5.41, 5.74) is 5.87. The summed E-state index contributed by atoms with van der Waals surface area (Å²) in [5.74, 6) is 0.739. The van der Waals surface area contributed by atoms with E-state index in [-0.39, 0.29) is 0 Å². The zero-order valence-corrected chi connectivity index (χ0v) is 11.3. The number of hydrogen-bond acceptors (Lipinski definition) is 1. The molecule has 1 nitrogen and oxygen atoms in total.